The smallest absolute Gasteiger partial charge is 0.341 e. The van der Waals surface area contributed by atoms with E-state index in [1.165, 1.54) is 12.1 Å². The van der Waals surface area contributed by atoms with Crippen LogP contribution in [0, 0.1) is 0 Å². The van der Waals surface area contributed by atoms with E-state index in [1.54, 1.807) is 24.3 Å². The van der Waals surface area contributed by atoms with Crippen LogP contribution in [0.3, 0.4) is 0 Å². The number of rotatable bonds is 9. The Labute approximate surface area is 224 Å². The Kier molecular flexibility index (Phi) is 8.19. The predicted octanol–water partition coefficient (Wildman–Crippen LogP) is 4.73. The summed E-state index contributed by atoms with van der Waals surface area (Å²) in [6, 6.07) is 17.1. The van der Waals surface area contributed by atoms with Crippen molar-refractivity contribution in [3.8, 4) is 11.1 Å². The van der Waals surface area contributed by atoms with Gasteiger partial charge >= 0.3 is 17.9 Å². The Morgan fingerprint density at radius 1 is 0.897 bits per heavy atom. The number of ether oxygens (including phenoxy) is 2. The topological polar surface area (TPSA) is 125 Å². The van der Waals surface area contributed by atoms with Crippen LogP contribution in [-0.4, -0.2) is 46.8 Å². The van der Waals surface area contributed by atoms with Gasteiger partial charge in [-0.2, -0.15) is 0 Å². The highest BCUT2D eigenvalue weighted by Crippen LogP contribution is 2.26. The third kappa shape index (κ3) is 5.57. The van der Waals surface area contributed by atoms with Gasteiger partial charge in [0.2, 0.25) is 5.43 Å². The molecule has 0 saturated carbocycles. The lowest BCUT2D eigenvalue weighted by Gasteiger charge is -2.11. The molecule has 1 N–H and O–H groups in total. The molecule has 9 heteroatoms. The van der Waals surface area contributed by atoms with Crippen molar-refractivity contribution in [2.45, 2.75) is 32.7 Å². The summed E-state index contributed by atoms with van der Waals surface area (Å²) < 4.78 is 11.5. The highest BCUT2D eigenvalue weighted by Gasteiger charge is 2.22. The van der Waals surface area contributed by atoms with Crippen LogP contribution in [0.5, 0.6) is 0 Å². The molecule has 0 bridgehead atoms. The summed E-state index contributed by atoms with van der Waals surface area (Å²) in [5.41, 5.74) is 1.95. The van der Waals surface area contributed by atoms with Crippen molar-refractivity contribution in [3.05, 3.63) is 99.0 Å². The molecule has 4 rings (SSSR count). The van der Waals surface area contributed by atoms with E-state index in [-0.39, 0.29) is 16.7 Å². The van der Waals surface area contributed by atoms with Gasteiger partial charge in [-0.15, -0.1) is 0 Å². The number of aromatic nitrogens is 2. The zero-order valence-corrected chi connectivity index (χ0v) is 21.9. The van der Waals surface area contributed by atoms with Crippen molar-refractivity contribution in [2.24, 2.45) is 0 Å². The summed E-state index contributed by atoms with van der Waals surface area (Å²) in [5.74, 6) is -2.01. The van der Waals surface area contributed by atoms with E-state index in [0.717, 1.165) is 44.0 Å². The molecule has 0 aliphatic carbocycles. The number of carboxylic acids is 1. The van der Waals surface area contributed by atoms with E-state index in [2.05, 4.69) is 6.92 Å². The maximum Gasteiger partial charge on any atom is 0.341 e. The standard InChI is InChI=1S/C30H28N2O7/c1-4-5-10-26-31-24-15-22(29(36)38-2)27(33)23(30(37)39-3)16-25(24)32(26)17-18-11-13-19(14-12-18)20-8-6-7-9-21(20)28(34)35/h6-9,11-16H,4-5,10,17H2,1-3H3,(H,34,35). The van der Waals surface area contributed by atoms with Crippen molar-refractivity contribution in [1.82, 2.24) is 9.55 Å². The van der Waals surface area contributed by atoms with Crippen LogP contribution in [0.15, 0.2) is 65.5 Å². The number of esters is 2. The van der Waals surface area contributed by atoms with E-state index < -0.39 is 23.3 Å². The van der Waals surface area contributed by atoms with E-state index in [9.17, 15) is 24.3 Å². The molecule has 0 radical (unpaired) electrons. The largest absolute Gasteiger partial charge is 0.478 e. The number of benzene rings is 2. The molecule has 0 atom stereocenters. The summed E-state index contributed by atoms with van der Waals surface area (Å²) in [6.45, 7) is 2.43. The average molecular weight is 529 g/mol. The molecule has 0 aliphatic heterocycles. The summed E-state index contributed by atoms with van der Waals surface area (Å²) in [7, 11) is 2.32. The lowest BCUT2D eigenvalue weighted by atomic mass is 9.99. The molecule has 1 aromatic heterocycles. The molecule has 0 fully saturated rings. The minimum Gasteiger partial charge on any atom is -0.478 e. The molecule has 0 spiro atoms. The first kappa shape index (κ1) is 27.3. The van der Waals surface area contributed by atoms with Crippen LogP contribution >= 0.6 is 0 Å². The third-order valence-corrected chi connectivity index (χ3v) is 6.49. The van der Waals surface area contributed by atoms with Crippen molar-refractivity contribution in [1.29, 1.82) is 0 Å². The van der Waals surface area contributed by atoms with Gasteiger partial charge in [0.15, 0.2) is 0 Å². The molecular formula is C30H28N2O7. The zero-order chi connectivity index (χ0) is 28.1. The lowest BCUT2D eigenvalue weighted by molar-refractivity contribution is 0.0595. The fraction of sp³-hybridized carbons (Fsp3) is 0.233. The molecule has 0 amide bonds. The Morgan fingerprint density at radius 2 is 1.54 bits per heavy atom. The first-order valence-corrected chi connectivity index (χ1v) is 12.4. The first-order chi connectivity index (χ1) is 18.8. The van der Waals surface area contributed by atoms with Crippen LogP contribution in [-0.2, 0) is 22.4 Å². The molecule has 0 aliphatic rings. The van der Waals surface area contributed by atoms with Crippen LogP contribution in [0.2, 0.25) is 0 Å². The molecule has 0 unspecified atom stereocenters. The van der Waals surface area contributed by atoms with Gasteiger partial charge in [0.05, 0.1) is 30.8 Å². The monoisotopic (exact) mass is 528 g/mol. The maximum absolute atomic E-state index is 13.1. The molecule has 1 heterocycles. The zero-order valence-electron chi connectivity index (χ0n) is 21.9. The van der Waals surface area contributed by atoms with Crippen LogP contribution in [0.1, 0.15) is 62.2 Å². The van der Waals surface area contributed by atoms with Gasteiger partial charge in [-0.3, -0.25) is 4.79 Å². The summed E-state index contributed by atoms with van der Waals surface area (Å²) >= 11 is 0. The molecule has 3 aromatic carbocycles. The summed E-state index contributed by atoms with van der Waals surface area (Å²) in [6.07, 6.45) is 2.44. The molecule has 9 nitrogen and oxygen atoms in total. The SMILES string of the molecule is CCCCc1nc2cc(C(=O)OC)c(=O)c(C(=O)OC)cc2n1Cc1ccc(-c2ccccc2C(=O)O)cc1. The molecule has 200 valence electrons. The second-order valence-corrected chi connectivity index (χ2v) is 8.96. The van der Waals surface area contributed by atoms with Gasteiger partial charge in [0.1, 0.15) is 17.0 Å². The number of aromatic carboxylic acids is 1. The number of carboxylic acid groups (broad SMARTS) is 1. The quantitative estimate of drug-likeness (QED) is 0.309. The second kappa shape index (κ2) is 11.7. The Hall–Kier alpha value is -4.79. The number of methoxy groups -OCH3 is 2. The van der Waals surface area contributed by atoms with Gasteiger partial charge in [0, 0.05) is 13.0 Å². The van der Waals surface area contributed by atoms with Crippen molar-refractivity contribution in [2.75, 3.05) is 14.2 Å². The van der Waals surface area contributed by atoms with Gasteiger partial charge in [-0.05, 0) is 41.3 Å². The van der Waals surface area contributed by atoms with E-state index in [0.29, 0.717) is 29.6 Å². The van der Waals surface area contributed by atoms with Crippen molar-refractivity contribution in [3.63, 3.8) is 0 Å². The molecular weight excluding hydrogens is 500 g/mol. The van der Waals surface area contributed by atoms with E-state index in [1.807, 2.05) is 28.8 Å². The number of hydrogen-bond acceptors (Lipinski definition) is 7. The van der Waals surface area contributed by atoms with Crippen molar-refractivity contribution < 1.29 is 29.0 Å². The van der Waals surface area contributed by atoms with Crippen LogP contribution in [0.4, 0.5) is 0 Å². The minimum atomic E-state index is -1.00. The minimum absolute atomic E-state index is 0.213. The van der Waals surface area contributed by atoms with E-state index in [4.69, 9.17) is 14.5 Å². The highest BCUT2D eigenvalue weighted by molar-refractivity contribution is 5.99. The number of nitrogens with zero attached hydrogens (tertiary/aromatic N) is 2. The van der Waals surface area contributed by atoms with E-state index >= 15 is 0 Å². The molecule has 39 heavy (non-hydrogen) atoms. The lowest BCUT2D eigenvalue weighted by Crippen LogP contribution is -2.21. The van der Waals surface area contributed by atoms with Gasteiger partial charge < -0.3 is 19.1 Å². The second-order valence-electron chi connectivity index (χ2n) is 8.96. The highest BCUT2D eigenvalue weighted by atomic mass is 16.5. The number of aryl methyl sites for hydroxylation is 1. The summed E-state index contributed by atoms with van der Waals surface area (Å²) in [5, 5.41) is 9.55. The Morgan fingerprint density at radius 3 is 2.15 bits per heavy atom. The Balaban J connectivity index is 1.86. The first-order valence-electron chi connectivity index (χ1n) is 12.4. The maximum atomic E-state index is 13.1. The average Bonchev–Trinajstić information content (AvgIpc) is 3.19. The molecule has 0 saturated heterocycles. The van der Waals surface area contributed by atoms with Gasteiger partial charge in [-0.25, -0.2) is 19.4 Å². The number of hydrogen-bond donors (Lipinski definition) is 1. The summed E-state index contributed by atoms with van der Waals surface area (Å²) in [4.78, 5) is 54.4. The van der Waals surface area contributed by atoms with Crippen LogP contribution in [0.25, 0.3) is 22.2 Å². The van der Waals surface area contributed by atoms with Crippen LogP contribution < -0.4 is 5.43 Å². The van der Waals surface area contributed by atoms with Gasteiger partial charge in [0.25, 0.3) is 0 Å². The fourth-order valence-corrected chi connectivity index (χ4v) is 4.46. The van der Waals surface area contributed by atoms with Gasteiger partial charge in [-0.1, -0.05) is 55.8 Å². The normalized spacial score (nSPS) is 10.8. The third-order valence-electron chi connectivity index (χ3n) is 6.49. The Bertz CT molecular complexity index is 1620. The predicted molar refractivity (Wildman–Crippen MR) is 145 cm³/mol. The van der Waals surface area contributed by atoms with Crippen molar-refractivity contribution >= 4 is 28.9 Å². The fourth-order valence-electron chi connectivity index (χ4n) is 4.46. The number of carbonyl (C=O) groups is 3. The molecule has 4 aromatic rings. The number of unbranched alkanes of at least 4 members (excludes halogenated alkanes) is 1. The number of imidazole rings is 1. The number of carbonyl (C=O) groups excluding carboxylic acids is 2. The number of fused-ring (bicyclic) bond motifs is 1.